The Labute approximate surface area is 171 Å². The lowest BCUT2D eigenvalue weighted by Crippen LogP contribution is -2.20. The van der Waals surface area contributed by atoms with Gasteiger partial charge in [-0.3, -0.25) is 19.2 Å². The van der Waals surface area contributed by atoms with E-state index in [1.807, 2.05) is 0 Å². The summed E-state index contributed by atoms with van der Waals surface area (Å²) in [4.78, 5) is 47.7. The van der Waals surface area contributed by atoms with E-state index in [0.717, 1.165) is 0 Å². The van der Waals surface area contributed by atoms with Gasteiger partial charge in [-0.05, 0) is 60.7 Å². The van der Waals surface area contributed by atoms with Gasteiger partial charge in [-0.1, -0.05) is 12.1 Å². The molecule has 0 aliphatic heterocycles. The lowest BCUT2D eigenvalue weighted by Gasteiger charge is -2.11. The molecule has 30 heavy (non-hydrogen) atoms. The molecular weight excluding hydrogens is 384 g/mol. The van der Waals surface area contributed by atoms with E-state index in [9.17, 15) is 19.2 Å². The van der Waals surface area contributed by atoms with Crippen LogP contribution in [0, 0.1) is 0 Å². The summed E-state index contributed by atoms with van der Waals surface area (Å²) in [6.45, 7) is 0. The number of amides is 4. The van der Waals surface area contributed by atoms with Gasteiger partial charge in [0.25, 0.3) is 11.8 Å². The number of nitrogens with one attached hydrogen (secondary N) is 2. The molecule has 3 rings (SSSR count). The summed E-state index contributed by atoms with van der Waals surface area (Å²) >= 11 is 0. The summed E-state index contributed by atoms with van der Waals surface area (Å²) in [6.07, 6.45) is 0. The zero-order valence-corrected chi connectivity index (χ0v) is 15.7. The maximum atomic E-state index is 12.7. The Hall–Kier alpha value is -4.46. The van der Waals surface area contributed by atoms with Crippen LogP contribution in [0.25, 0.3) is 0 Å². The van der Waals surface area contributed by atoms with E-state index >= 15 is 0 Å². The highest BCUT2D eigenvalue weighted by molar-refractivity contribution is 6.15. The molecule has 3 aromatic carbocycles. The summed E-state index contributed by atoms with van der Waals surface area (Å²) < 4.78 is 0. The molecule has 0 saturated carbocycles. The van der Waals surface area contributed by atoms with Crippen molar-refractivity contribution in [2.45, 2.75) is 0 Å². The van der Waals surface area contributed by atoms with Crippen molar-refractivity contribution >= 4 is 35.0 Å². The van der Waals surface area contributed by atoms with Crippen LogP contribution >= 0.6 is 0 Å². The molecule has 0 fully saturated rings. The number of hydrogen-bond donors (Lipinski definition) is 4. The molecular formula is C22H18N4O4. The summed E-state index contributed by atoms with van der Waals surface area (Å²) in [5, 5.41) is 5.36. The molecule has 8 nitrogen and oxygen atoms in total. The molecule has 0 atom stereocenters. The molecule has 0 aliphatic carbocycles. The van der Waals surface area contributed by atoms with Gasteiger partial charge in [-0.15, -0.1) is 0 Å². The number of hydrogen-bond acceptors (Lipinski definition) is 4. The van der Waals surface area contributed by atoms with Crippen LogP contribution in [-0.2, 0) is 0 Å². The highest BCUT2D eigenvalue weighted by atomic mass is 16.2. The zero-order valence-electron chi connectivity index (χ0n) is 15.7. The first kappa shape index (κ1) is 20.3. The number of nitrogens with two attached hydrogens (primary N) is 2. The van der Waals surface area contributed by atoms with Crippen LogP contribution in [0.1, 0.15) is 41.4 Å². The van der Waals surface area contributed by atoms with Crippen molar-refractivity contribution in [3.8, 4) is 0 Å². The number of rotatable bonds is 6. The van der Waals surface area contributed by atoms with E-state index < -0.39 is 23.6 Å². The van der Waals surface area contributed by atoms with Crippen LogP contribution in [-0.4, -0.2) is 23.6 Å². The van der Waals surface area contributed by atoms with Gasteiger partial charge in [0, 0.05) is 22.5 Å². The maximum absolute atomic E-state index is 12.7. The van der Waals surface area contributed by atoms with Crippen LogP contribution in [0.4, 0.5) is 11.4 Å². The third-order valence-corrected chi connectivity index (χ3v) is 4.27. The number of benzene rings is 3. The first-order valence-corrected chi connectivity index (χ1v) is 8.86. The van der Waals surface area contributed by atoms with Crippen LogP contribution in [0.2, 0.25) is 0 Å². The van der Waals surface area contributed by atoms with Crippen molar-refractivity contribution in [3.05, 3.63) is 95.1 Å². The van der Waals surface area contributed by atoms with E-state index in [1.165, 1.54) is 36.4 Å². The minimum Gasteiger partial charge on any atom is -0.366 e. The van der Waals surface area contributed by atoms with Crippen molar-refractivity contribution in [2.75, 3.05) is 10.6 Å². The van der Waals surface area contributed by atoms with Crippen molar-refractivity contribution in [1.29, 1.82) is 0 Å². The van der Waals surface area contributed by atoms with E-state index in [2.05, 4.69) is 10.6 Å². The second kappa shape index (κ2) is 8.70. The topological polar surface area (TPSA) is 144 Å². The van der Waals surface area contributed by atoms with Gasteiger partial charge in [0.2, 0.25) is 11.8 Å². The zero-order chi connectivity index (χ0) is 21.7. The Morgan fingerprint density at radius 3 is 1.17 bits per heavy atom. The molecule has 6 N–H and O–H groups in total. The van der Waals surface area contributed by atoms with Crippen LogP contribution in [0.15, 0.2) is 72.8 Å². The SMILES string of the molecule is NC(=O)c1ccc(NC(=O)c2ccccc2C(=O)Nc2ccc(C(N)=O)cc2)cc1. The Morgan fingerprint density at radius 1 is 0.533 bits per heavy atom. The fraction of sp³-hybridized carbons (Fsp3) is 0. The normalized spacial score (nSPS) is 10.1. The van der Waals surface area contributed by atoms with E-state index in [1.54, 1.807) is 36.4 Å². The fourth-order valence-electron chi connectivity index (χ4n) is 2.71. The minimum absolute atomic E-state index is 0.169. The van der Waals surface area contributed by atoms with Gasteiger partial charge in [-0.2, -0.15) is 0 Å². The van der Waals surface area contributed by atoms with Gasteiger partial charge < -0.3 is 22.1 Å². The Kier molecular flexibility index (Phi) is 5.88. The lowest BCUT2D eigenvalue weighted by atomic mass is 10.1. The molecule has 0 aromatic heterocycles. The summed E-state index contributed by atoms with van der Waals surface area (Å²) in [7, 11) is 0. The average molecular weight is 402 g/mol. The van der Waals surface area contributed by atoms with Crippen molar-refractivity contribution in [3.63, 3.8) is 0 Å². The van der Waals surface area contributed by atoms with Crippen molar-refractivity contribution in [1.82, 2.24) is 0 Å². The second-order valence-corrected chi connectivity index (χ2v) is 6.34. The summed E-state index contributed by atoms with van der Waals surface area (Å²) in [5.74, 6) is -2.12. The molecule has 4 amide bonds. The highest BCUT2D eigenvalue weighted by Gasteiger charge is 2.17. The standard InChI is InChI=1S/C22H18N4O4/c23-19(27)13-5-9-15(10-6-13)25-21(29)17-3-1-2-4-18(17)22(30)26-16-11-7-14(8-12-16)20(24)28/h1-12H,(H2,23,27)(H2,24,28)(H,25,29)(H,26,30). The van der Waals surface area contributed by atoms with Gasteiger partial charge in [0.15, 0.2) is 0 Å². The first-order valence-electron chi connectivity index (χ1n) is 8.86. The molecule has 0 aliphatic rings. The number of primary amides is 2. The number of anilines is 2. The van der Waals surface area contributed by atoms with E-state index in [0.29, 0.717) is 22.5 Å². The molecule has 0 saturated heterocycles. The Bertz CT molecular complexity index is 1030. The Morgan fingerprint density at radius 2 is 0.867 bits per heavy atom. The highest BCUT2D eigenvalue weighted by Crippen LogP contribution is 2.17. The Balaban J connectivity index is 1.77. The van der Waals surface area contributed by atoms with Crippen LogP contribution in [0.5, 0.6) is 0 Å². The van der Waals surface area contributed by atoms with Crippen LogP contribution < -0.4 is 22.1 Å². The molecule has 8 heteroatoms. The smallest absolute Gasteiger partial charge is 0.256 e. The van der Waals surface area contributed by atoms with Gasteiger partial charge >= 0.3 is 0 Å². The van der Waals surface area contributed by atoms with Crippen molar-refractivity contribution < 1.29 is 19.2 Å². The van der Waals surface area contributed by atoms with Gasteiger partial charge in [-0.25, -0.2) is 0 Å². The number of carbonyl (C=O) groups excluding carboxylic acids is 4. The monoisotopic (exact) mass is 402 g/mol. The fourth-order valence-corrected chi connectivity index (χ4v) is 2.71. The molecule has 0 unspecified atom stereocenters. The second-order valence-electron chi connectivity index (χ2n) is 6.34. The quantitative estimate of drug-likeness (QED) is 0.502. The summed E-state index contributed by atoms with van der Waals surface area (Å²) in [6, 6.07) is 18.5. The molecule has 0 spiro atoms. The third kappa shape index (κ3) is 4.68. The predicted octanol–water partition coefficient (Wildman–Crippen LogP) is 2.39. The number of carbonyl (C=O) groups is 4. The average Bonchev–Trinajstić information content (AvgIpc) is 2.74. The van der Waals surface area contributed by atoms with Crippen LogP contribution in [0.3, 0.4) is 0 Å². The van der Waals surface area contributed by atoms with E-state index in [4.69, 9.17) is 11.5 Å². The molecule has 0 radical (unpaired) electrons. The molecule has 0 heterocycles. The molecule has 3 aromatic rings. The first-order chi connectivity index (χ1) is 14.3. The minimum atomic E-state index is -0.571. The van der Waals surface area contributed by atoms with E-state index in [-0.39, 0.29) is 11.1 Å². The largest absolute Gasteiger partial charge is 0.366 e. The molecule has 0 bridgehead atoms. The molecule has 150 valence electrons. The maximum Gasteiger partial charge on any atom is 0.256 e. The van der Waals surface area contributed by atoms with Gasteiger partial charge in [0.1, 0.15) is 0 Å². The van der Waals surface area contributed by atoms with Crippen molar-refractivity contribution in [2.24, 2.45) is 11.5 Å². The lowest BCUT2D eigenvalue weighted by molar-refractivity contribution is 0.0990. The summed E-state index contributed by atoms with van der Waals surface area (Å²) in [5.41, 5.74) is 12.3. The third-order valence-electron chi connectivity index (χ3n) is 4.27. The van der Waals surface area contributed by atoms with Gasteiger partial charge in [0.05, 0.1) is 11.1 Å². The predicted molar refractivity (Wildman–Crippen MR) is 112 cm³/mol.